The molecule has 0 aliphatic rings. The molecule has 23 heavy (non-hydrogen) atoms. The standard InChI is InChI=1S/C15H17N3O4S/c1-18-14(13-5-3-7-22-13)16-17-15(18)23-10-11(19)8-20-9-12-4-2-6-21-12/h2-7,11,19H,8-10H2,1H3. The Bertz CT molecular complexity index is 709. The molecular formula is C15H17N3O4S. The summed E-state index contributed by atoms with van der Waals surface area (Å²) in [5.41, 5.74) is 0. The Morgan fingerprint density at radius 3 is 2.83 bits per heavy atom. The molecule has 0 saturated heterocycles. The van der Waals surface area contributed by atoms with Crippen molar-refractivity contribution in [3.05, 3.63) is 42.6 Å². The normalized spacial score (nSPS) is 12.6. The summed E-state index contributed by atoms with van der Waals surface area (Å²) >= 11 is 1.42. The van der Waals surface area contributed by atoms with Crippen molar-refractivity contribution in [2.24, 2.45) is 7.05 Å². The smallest absolute Gasteiger partial charge is 0.200 e. The Labute approximate surface area is 137 Å². The van der Waals surface area contributed by atoms with Gasteiger partial charge in [0.15, 0.2) is 16.7 Å². The second-order valence-corrected chi connectivity index (χ2v) is 5.89. The minimum Gasteiger partial charge on any atom is -0.467 e. The molecular weight excluding hydrogens is 318 g/mol. The molecule has 0 bridgehead atoms. The largest absolute Gasteiger partial charge is 0.467 e. The average Bonchev–Trinajstić information content (AvgIpc) is 3.27. The molecule has 0 radical (unpaired) electrons. The second kappa shape index (κ2) is 7.49. The van der Waals surface area contributed by atoms with Crippen LogP contribution in [-0.4, -0.2) is 38.3 Å². The molecule has 0 aromatic carbocycles. The van der Waals surface area contributed by atoms with Crippen LogP contribution in [0.25, 0.3) is 11.6 Å². The molecule has 0 aliphatic heterocycles. The number of thioether (sulfide) groups is 1. The van der Waals surface area contributed by atoms with E-state index in [1.807, 2.05) is 23.7 Å². The van der Waals surface area contributed by atoms with E-state index in [0.717, 1.165) is 5.76 Å². The zero-order valence-corrected chi connectivity index (χ0v) is 13.4. The maximum atomic E-state index is 9.97. The molecule has 1 unspecified atom stereocenters. The zero-order valence-electron chi connectivity index (χ0n) is 12.6. The van der Waals surface area contributed by atoms with Crippen LogP contribution in [0.1, 0.15) is 5.76 Å². The van der Waals surface area contributed by atoms with Gasteiger partial charge in [0, 0.05) is 12.8 Å². The highest BCUT2D eigenvalue weighted by atomic mass is 32.2. The van der Waals surface area contributed by atoms with E-state index < -0.39 is 6.10 Å². The van der Waals surface area contributed by atoms with E-state index in [9.17, 15) is 5.11 Å². The molecule has 1 atom stereocenters. The molecule has 3 aromatic rings. The SMILES string of the molecule is Cn1c(SCC(O)COCc2ccco2)nnc1-c1ccco1. The van der Waals surface area contributed by atoms with Gasteiger partial charge in [-0.05, 0) is 24.3 Å². The summed E-state index contributed by atoms with van der Waals surface area (Å²) in [6.45, 7) is 0.581. The number of furan rings is 2. The Balaban J connectivity index is 1.46. The molecule has 1 N–H and O–H groups in total. The Hall–Kier alpha value is -2.03. The van der Waals surface area contributed by atoms with Gasteiger partial charge in [-0.2, -0.15) is 0 Å². The lowest BCUT2D eigenvalue weighted by molar-refractivity contribution is 0.0328. The number of aliphatic hydroxyl groups excluding tert-OH is 1. The third kappa shape index (κ3) is 4.04. The molecule has 3 rings (SSSR count). The van der Waals surface area contributed by atoms with Crippen LogP contribution in [0.2, 0.25) is 0 Å². The van der Waals surface area contributed by atoms with Crippen LogP contribution >= 0.6 is 11.8 Å². The van der Waals surface area contributed by atoms with Crippen molar-refractivity contribution < 1.29 is 18.7 Å². The number of aromatic nitrogens is 3. The van der Waals surface area contributed by atoms with Crippen LogP contribution in [0.4, 0.5) is 0 Å². The molecule has 0 fully saturated rings. The van der Waals surface area contributed by atoms with Gasteiger partial charge < -0.3 is 23.2 Å². The van der Waals surface area contributed by atoms with Gasteiger partial charge in [0.05, 0.1) is 25.2 Å². The van der Waals surface area contributed by atoms with E-state index in [4.69, 9.17) is 13.6 Å². The number of hydrogen-bond donors (Lipinski definition) is 1. The van der Waals surface area contributed by atoms with Crippen molar-refractivity contribution >= 4 is 11.8 Å². The van der Waals surface area contributed by atoms with Gasteiger partial charge in [0.1, 0.15) is 12.4 Å². The first-order valence-corrected chi connectivity index (χ1v) is 8.07. The van der Waals surface area contributed by atoms with Crippen LogP contribution in [0.5, 0.6) is 0 Å². The van der Waals surface area contributed by atoms with Crippen molar-refractivity contribution in [2.45, 2.75) is 17.9 Å². The molecule has 0 amide bonds. The van der Waals surface area contributed by atoms with Crippen molar-refractivity contribution in [3.8, 4) is 11.6 Å². The molecule has 8 heteroatoms. The predicted molar refractivity (Wildman–Crippen MR) is 83.8 cm³/mol. The maximum absolute atomic E-state index is 9.97. The summed E-state index contributed by atoms with van der Waals surface area (Å²) in [7, 11) is 1.86. The summed E-state index contributed by atoms with van der Waals surface area (Å²) in [6.07, 6.45) is 2.59. The molecule has 122 valence electrons. The van der Waals surface area contributed by atoms with E-state index in [1.54, 1.807) is 24.7 Å². The first-order chi connectivity index (χ1) is 11.2. The summed E-state index contributed by atoms with van der Waals surface area (Å²) in [5.74, 6) is 2.51. The van der Waals surface area contributed by atoms with Crippen molar-refractivity contribution in [2.75, 3.05) is 12.4 Å². The Morgan fingerprint density at radius 1 is 1.26 bits per heavy atom. The summed E-state index contributed by atoms with van der Waals surface area (Å²) < 4.78 is 17.7. The lowest BCUT2D eigenvalue weighted by atomic mass is 10.4. The van der Waals surface area contributed by atoms with Gasteiger partial charge >= 0.3 is 0 Å². The molecule has 3 heterocycles. The predicted octanol–water partition coefficient (Wildman–Crippen LogP) is 2.34. The number of nitrogens with zero attached hydrogens (tertiary/aromatic N) is 3. The van der Waals surface area contributed by atoms with E-state index in [1.165, 1.54) is 11.8 Å². The van der Waals surface area contributed by atoms with Crippen molar-refractivity contribution in [3.63, 3.8) is 0 Å². The van der Waals surface area contributed by atoms with Gasteiger partial charge in [-0.15, -0.1) is 10.2 Å². The van der Waals surface area contributed by atoms with Gasteiger partial charge in [-0.25, -0.2) is 0 Å². The highest BCUT2D eigenvalue weighted by Crippen LogP contribution is 2.23. The minimum absolute atomic E-state index is 0.233. The van der Waals surface area contributed by atoms with E-state index in [-0.39, 0.29) is 6.61 Å². The third-order valence-corrected chi connectivity index (χ3v) is 4.28. The summed E-state index contributed by atoms with van der Waals surface area (Å²) in [5, 5.41) is 18.9. The zero-order chi connectivity index (χ0) is 16.1. The van der Waals surface area contributed by atoms with Crippen LogP contribution in [0.15, 0.2) is 50.8 Å². The average molecular weight is 335 g/mol. The number of aliphatic hydroxyl groups is 1. The fourth-order valence-corrected chi connectivity index (χ4v) is 2.79. The van der Waals surface area contributed by atoms with Gasteiger partial charge in [-0.1, -0.05) is 11.8 Å². The topological polar surface area (TPSA) is 86.5 Å². The highest BCUT2D eigenvalue weighted by molar-refractivity contribution is 7.99. The number of hydrogen-bond acceptors (Lipinski definition) is 7. The van der Waals surface area contributed by atoms with Crippen LogP contribution in [0, 0.1) is 0 Å². The van der Waals surface area contributed by atoms with Crippen LogP contribution < -0.4 is 0 Å². The summed E-state index contributed by atoms with van der Waals surface area (Å²) in [6, 6.07) is 7.26. The quantitative estimate of drug-likeness (QED) is 0.632. The third-order valence-electron chi connectivity index (χ3n) is 3.12. The van der Waals surface area contributed by atoms with E-state index >= 15 is 0 Å². The monoisotopic (exact) mass is 335 g/mol. The second-order valence-electron chi connectivity index (χ2n) is 4.90. The molecule has 3 aromatic heterocycles. The lowest BCUT2D eigenvalue weighted by Crippen LogP contribution is -2.18. The Kier molecular flexibility index (Phi) is 5.16. The first kappa shape index (κ1) is 15.9. The van der Waals surface area contributed by atoms with E-state index in [2.05, 4.69) is 10.2 Å². The van der Waals surface area contributed by atoms with E-state index in [0.29, 0.717) is 29.1 Å². The number of rotatable bonds is 8. The molecule has 0 spiro atoms. The van der Waals surface area contributed by atoms with Gasteiger partial charge in [-0.3, -0.25) is 0 Å². The van der Waals surface area contributed by atoms with Gasteiger partial charge in [0.25, 0.3) is 0 Å². The lowest BCUT2D eigenvalue weighted by Gasteiger charge is -2.10. The molecule has 0 saturated carbocycles. The Morgan fingerprint density at radius 2 is 2.09 bits per heavy atom. The minimum atomic E-state index is -0.598. The summed E-state index contributed by atoms with van der Waals surface area (Å²) in [4.78, 5) is 0. The van der Waals surface area contributed by atoms with Crippen molar-refractivity contribution in [1.82, 2.24) is 14.8 Å². The first-order valence-electron chi connectivity index (χ1n) is 7.08. The van der Waals surface area contributed by atoms with Crippen LogP contribution in [-0.2, 0) is 18.4 Å². The number of ether oxygens (including phenoxy) is 1. The van der Waals surface area contributed by atoms with Crippen molar-refractivity contribution in [1.29, 1.82) is 0 Å². The fourth-order valence-electron chi connectivity index (χ4n) is 1.97. The molecule has 0 aliphatic carbocycles. The van der Waals surface area contributed by atoms with Gasteiger partial charge in [0.2, 0.25) is 0 Å². The fraction of sp³-hybridized carbons (Fsp3) is 0.333. The molecule has 7 nitrogen and oxygen atoms in total. The maximum Gasteiger partial charge on any atom is 0.200 e. The highest BCUT2D eigenvalue weighted by Gasteiger charge is 2.15. The van der Waals surface area contributed by atoms with Crippen LogP contribution in [0.3, 0.4) is 0 Å².